The third kappa shape index (κ3) is 3.31. The molecule has 0 spiro atoms. The summed E-state index contributed by atoms with van der Waals surface area (Å²) in [7, 11) is 0. The highest BCUT2D eigenvalue weighted by molar-refractivity contribution is 5.92. The van der Waals surface area contributed by atoms with Gasteiger partial charge in [0.05, 0.1) is 13.2 Å². The number of amides is 1. The summed E-state index contributed by atoms with van der Waals surface area (Å²) >= 11 is 0. The second-order valence-electron chi connectivity index (χ2n) is 4.87. The largest absolute Gasteiger partial charge is 0.395 e. The molecule has 2 rings (SSSR count). The van der Waals surface area contributed by atoms with Gasteiger partial charge in [-0.3, -0.25) is 9.69 Å². The normalized spacial score (nSPS) is 20.0. The summed E-state index contributed by atoms with van der Waals surface area (Å²) in [5.41, 5.74) is 1.96. The van der Waals surface area contributed by atoms with E-state index in [4.69, 9.17) is 0 Å². The topological polar surface area (TPSA) is 52.6 Å². The first-order valence-electron chi connectivity index (χ1n) is 6.40. The van der Waals surface area contributed by atoms with Gasteiger partial charge >= 0.3 is 0 Å². The van der Waals surface area contributed by atoms with Crippen LogP contribution in [0.3, 0.4) is 0 Å². The minimum atomic E-state index is -0.0130. The van der Waals surface area contributed by atoms with Crippen molar-refractivity contribution in [2.75, 3.05) is 25.0 Å². The molecular weight excluding hydrogens is 228 g/mol. The van der Waals surface area contributed by atoms with Crippen molar-refractivity contribution in [2.24, 2.45) is 0 Å². The molecule has 0 unspecified atom stereocenters. The van der Waals surface area contributed by atoms with Crippen LogP contribution in [0.5, 0.6) is 0 Å². The Hall–Kier alpha value is -1.39. The van der Waals surface area contributed by atoms with Gasteiger partial charge in [-0.05, 0) is 44.0 Å². The van der Waals surface area contributed by atoms with E-state index in [0.717, 1.165) is 30.6 Å². The molecule has 1 heterocycles. The number of anilines is 1. The molecule has 2 N–H and O–H groups in total. The Bertz CT molecular complexity index is 420. The number of hydrogen-bond acceptors (Lipinski definition) is 3. The van der Waals surface area contributed by atoms with Crippen LogP contribution in [0.1, 0.15) is 18.4 Å². The summed E-state index contributed by atoms with van der Waals surface area (Å²) in [5, 5.41) is 12.1. The smallest absolute Gasteiger partial charge is 0.238 e. The maximum atomic E-state index is 11.9. The Kier molecular flexibility index (Phi) is 4.33. The molecule has 4 nitrogen and oxygen atoms in total. The zero-order valence-electron chi connectivity index (χ0n) is 10.7. The van der Waals surface area contributed by atoms with E-state index in [9.17, 15) is 9.90 Å². The highest BCUT2D eigenvalue weighted by Gasteiger charge is 2.25. The van der Waals surface area contributed by atoms with Crippen molar-refractivity contribution in [2.45, 2.75) is 25.8 Å². The molecule has 1 fully saturated rings. The number of rotatable bonds is 4. The van der Waals surface area contributed by atoms with E-state index in [1.54, 1.807) is 0 Å². The average molecular weight is 248 g/mol. The van der Waals surface area contributed by atoms with E-state index < -0.39 is 0 Å². The van der Waals surface area contributed by atoms with Gasteiger partial charge in [0.25, 0.3) is 0 Å². The lowest BCUT2D eigenvalue weighted by atomic mass is 10.2. The Morgan fingerprint density at radius 2 is 2.39 bits per heavy atom. The number of benzene rings is 1. The maximum Gasteiger partial charge on any atom is 0.238 e. The SMILES string of the molecule is Cc1cccc(NC(=O)CN2CCC[C@@H]2CO)c1. The Balaban J connectivity index is 1.89. The number of carbonyl (C=O) groups excluding carboxylic acids is 1. The lowest BCUT2D eigenvalue weighted by molar-refractivity contribution is -0.117. The van der Waals surface area contributed by atoms with E-state index in [-0.39, 0.29) is 18.6 Å². The number of nitrogens with one attached hydrogen (secondary N) is 1. The van der Waals surface area contributed by atoms with Crippen LogP contribution in [0.25, 0.3) is 0 Å². The molecule has 18 heavy (non-hydrogen) atoms. The summed E-state index contributed by atoms with van der Waals surface area (Å²) in [6.07, 6.45) is 2.04. The second-order valence-corrected chi connectivity index (χ2v) is 4.87. The summed E-state index contributed by atoms with van der Waals surface area (Å²) < 4.78 is 0. The van der Waals surface area contributed by atoms with Gasteiger partial charge in [0.2, 0.25) is 5.91 Å². The minimum Gasteiger partial charge on any atom is -0.395 e. The van der Waals surface area contributed by atoms with Crippen molar-refractivity contribution >= 4 is 11.6 Å². The summed E-state index contributed by atoms with van der Waals surface area (Å²) in [5.74, 6) is -0.0130. The van der Waals surface area contributed by atoms with Crippen LogP contribution in [0.15, 0.2) is 24.3 Å². The average Bonchev–Trinajstić information content (AvgIpc) is 2.76. The molecule has 1 aliphatic heterocycles. The van der Waals surface area contributed by atoms with Crippen molar-refractivity contribution in [1.29, 1.82) is 0 Å². The van der Waals surface area contributed by atoms with Crippen molar-refractivity contribution in [3.05, 3.63) is 29.8 Å². The van der Waals surface area contributed by atoms with E-state index in [1.165, 1.54) is 0 Å². The molecule has 1 aromatic rings. The van der Waals surface area contributed by atoms with E-state index in [0.29, 0.717) is 6.54 Å². The molecule has 0 aliphatic carbocycles. The van der Waals surface area contributed by atoms with Crippen molar-refractivity contribution in [1.82, 2.24) is 4.90 Å². The highest BCUT2D eigenvalue weighted by atomic mass is 16.3. The van der Waals surface area contributed by atoms with Gasteiger partial charge in [-0.2, -0.15) is 0 Å². The zero-order chi connectivity index (χ0) is 13.0. The number of aryl methyl sites for hydroxylation is 1. The molecule has 1 atom stereocenters. The molecule has 0 bridgehead atoms. The van der Waals surface area contributed by atoms with Gasteiger partial charge in [0.1, 0.15) is 0 Å². The monoisotopic (exact) mass is 248 g/mol. The highest BCUT2D eigenvalue weighted by Crippen LogP contribution is 2.16. The fourth-order valence-corrected chi connectivity index (χ4v) is 2.42. The lowest BCUT2D eigenvalue weighted by Crippen LogP contribution is -2.38. The second kappa shape index (κ2) is 5.98. The molecule has 1 aromatic carbocycles. The minimum absolute atomic E-state index is 0.0130. The first kappa shape index (κ1) is 13.1. The molecule has 0 radical (unpaired) electrons. The van der Waals surface area contributed by atoms with Crippen LogP contribution < -0.4 is 5.32 Å². The van der Waals surface area contributed by atoms with Gasteiger partial charge in [-0.1, -0.05) is 12.1 Å². The first-order valence-corrected chi connectivity index (χ1v) is 6.40. The number of hydrogen-bond donors (Lipinski definition) is 2. The third-order valence-corrected chi connectivity index (χ3v) is 3.36. The predicted octanol–water partition coefficient (Wildman–Crippen LogP) is 1.39. The zero-order valence-corrected chi connectivity index (χ0v) is 10.7. The van der Waals surface area contributed by atoms with Crippen LogP contribution in [-0.4, -0.2) is 41.7 Å². The standard InChI is InChI=1S/C14H20N2O2/c1-11-4-2-5-12(8-11)15-14(18)9-16-7-3-6-13(16)10-17/h2,4-5,8,13,17H,3,6-7,9-10H2,1H3,(H,15,18)/t13-/m1/s1. The fourth-order valence-electron chi connectivity index (χ4n) is 2.42. The molecule has 1 aliphatic rings. The predicted molar refractivity (Wildman–Crippen MR) is 71.5 cm³/mol. The van der Waals surface area contributed by atoms with Crippen molar-refractivity contribution in [3.8, 4) is 0 Å². The summed E-state index contributed by atoms with van der Waals surface area (Å²) in [4.78, 5) is 14.0. The quantitative estimate of drug-likeness (QED) is 0.846. The van der Waals surface area contributed by atoms with Gasteiger partial charge < -0.3 is 10.4 Å². The number of aliphatic hydroxyl groups excluding tert-OH is 1. The first-order chi connectivity index (χ1) is 8.69. The molecular formula is C14H20N2O2. The van der Waals surface area contributed by atoms with Crippen LogP contribution in [0, 0.1) is 6.92 Å². The molecule has 1 amide bonds. The van der Waals surface area contributed by atoms with Crippen LogP contribution >= 0.6 is 0 Å². The Labute approximate surface area is 108 Å². The number of carbonyl (C=O) groups is 1. The van der Waals surface area contributed by atoms with Gasteiger partial charge in [0, 0.05) is 11.7 Å². The number of likely N-dealkylation sites (tertiary alicyclic amines) is 1. The van der Waals surface area contributed by atoms with Crippen LogP contribution in [-0.2, 0) is 4.79 Å². The van der Waals surface area contributed by atoms with Crippen molar-refractivity contribution < 1.29 is 9.90 Å². The summed E-state index contributed by atoms with van der Waals surface area (Å²) in [6, 6.07) is 7.91. The summed E-state index contributed by atoms with van der Waals surface area (Å²) in [6.45, 7) is 3.39. The van der Waals surface area contributed by atoms with Crippen LogP contribution in [0.4, 0.5) is 5.69 Å². The molecule has 0 saturated carbocycles. The molecule has 0 aromatic heterocycles. The van der Waals surface area contributed by atoms with E-state index >= 15 is 0 Å². The fraction of sp³-hybridized carbons (Fsp3) is 0.500. The molecule has 1 saturated heterocycles. The van der Waals surface area contributed by atoms with E-state index in [2.05, 4.69) is 5.32 Å². The van der Waals surface area contributed by atoms with Gasteiger partial charge in [0.15, 0.2) is 0 Å². The van der Waals surface area contributed by atoms with Gasteiger partial charge in [-0.25, -0.2) is 0 Å². The van der Waals surface area contributed by atoms with Crippen molar-refractivity contribution in [3.63, 3.8) is 0 Å². The van der Waals surface area contributed by atoms with E-state index in [1.807, 2.05) is 36.1 Å². The molecule has 4 heteroatoms. The lowest BCUT2D eigenvalue weighted by Gasteiger charge is -2.21. The third-order valence-electron chi connectivity index (χ3n) is 3.36. The maximum absolute atomic E-state index is 11.9. The Morgan fingerprint density at radius 3 is 3.11 bits per heavy atom. The number of nitrogens with zero attached hydrogens (tertiary/aromatic N) is 1. The molecule has 98 valence electrons. The Morgan fingerprint density at radius 1 is 1.56 bits per heavy atom. The van der Waals surface area contributed by atoms with Crippen LogP contribution in [0.2, 0.25) is 0 Å². The number of aliphatic hydroxyl groups is 1. The van der Waals surface area contributed by atoms with Gasteiger partial charge in [-0.15, -0.1) is 0 Å².